The molecule has 0 unspecified atom stereocenters. The van der Waals surface area contributed by atoms with Crippen LogP contribution in [0.25, 0.3) is 22.0 Å². The summed E-state index contributed by atoms with van der Waals surface area (Å²) < 4.78 is 11.1. The number of aromatic amines is 1. The molecule has 3 aromatic carbocycles. The first kappa shape index (κ1) is 20.2. The summed E-state index contributed by atoms with van der Waals surface area (Å²) in [6, 6.07) is 23.3. The first-order valence-corrected chi connectivity index (χ1v) is 10.2. The lowest BCUT2D eigenvalue weighted by molar-refractivity contribution is -0.119. The number of allylic oxidation sites excluding steroid dienone is 1. The normalized spacial score (nSPS) is 14.9. The maximum absolute atomic E-state index is 11.0. The number of ether oxygens (including phenoxy) is 2. The number of carbonyl (C=O) groups excluding carboxylic acids is 1. The predicted octanol–water partition coefficient (Wildman–Crippen LogP) is 3.31. The van der Waals surface area contributed by atoms with E-state index in [1.54, 1.807) is 12.1 Å². The van der Waals surface area contributed by atoms with Crippen LogP contribution in [0.1, 0.15) is 17.0 Å². The van der Waals surface area contributed by atoms with Crippen molar-refractivity contribution in [2.24, 2.45) is 11.5 Å². The van der Waals surface area contributed by atoms with Crippen LogP contribution in [0, 0.1) is 11.3 Å². The second-order valence-corrected chi connectivity index (χ2v) is 7.59. The predicted molar refractivity (Wildman–Crippen MR) is 122 cm³/mol. The van der Waals surface area contributed by atoms with E-state index in [1.807, 2.05) is 54.6 Å². The van der Waals surface area contributed by atoms with Gasteiger partial charge in [-0.25, -0.2) is 0 Å². The molecule has 0 bridgehead atoms. The molecule has 1 amide bonds. The molecule has 0 spiro atoms. The SMILES string of the molecule is N#CC1=C(N)Oc2n[nH]c(-c3cccc4ccccc34)c2[C@H]1c1ccc(OCC(N)=O)cc1. The second-order valence-electron chi connectivity index (χ2n) is 7.59. The Morgan fingerprint density at radius 2 is 1.88 bits per heavy atom. The van der Waals surface area contributed by atoms with E-state index in [1.165, 1.54) is 0 Å². The van der Waals surface area contributed by atoms with E-state index < -0.39 is 11.8 Å². The number of nitrogens with two attached hydrogens (primary N) is 2. The summed E-state index contributed by atoms with van der Waals surface area (Å²) >= 11 is 0. The average molecular weight is 437 g/mol. The van der Waals surface area contributed by atoms with Crippen molar-refractivity contribution < 1.29 is 14.3 Å². The molecule has 1 aromatic heterocycles. The number of hydrogen-bond donors (Lipinski definition) is 3. The lowest BCUT2D eigenvalue weighted by Crippen LogP contribution is -2.21. The number of primary amides is 1. The fraction of sp³-hybridized carbons (Fsp3) is 0.0800. The summed E-state index contributed by atoms with van der Waals surface area (Å²) in [7, 11) is 0. The lowest BCUT2D eigenvalue weighted by Gasteiger charge is -2.24. The summed E-state index contributed by atoms with van der Waals surface area (Å²) in [5.74, 6) is -0.235. The number of hydrogen-bond acceptors (Lipinski definition) is 6. The summed E-state index contributed by atoms with van der Waals surface area (Å²) in [4.78, 5) is 11.0. The summed E-state index contributed by atoms with van der Waals surface area (Å²) in [6.45, 7) is -0.218. The highest BCUT2D eigenvalue weighted by Crippen LogP contribution is 2.46. The van der Waals surface area contributed by atoms with Gasteiger partial charge in [0.05, 0.1) is 17.2 Å². The molecule has 0 aliphatic carbocycles. The zero-order chi connectivity index (χ0) is 22.9. The van der Waals surface area contributed by atoms with Crippen LogP contribution in [0.3, 0.4) is 0 Å². The van der Waals surface area contributed by atoms with Gasteiger partial charge in [-0.3, -0.25) is 9.89 Å². The number of amides is 1. The molecular weight excluding hydrogens is 418 g/mol. The van der Waals surface area contributed by atoms with Gasteiger partial charge < -0.3 is 20.9 Å². The van der Waals surface area contributed by atoms with Gasteiger partial charge in [0.15, 0.2) is 6.61 Å². The van der Waals surface area contributed by atoms with Gasteiger partial charge in [-0.15, -0.1) is 5.10 Å². The van der Waals surface area contributed by atoms with Crippen molar-refractivity contribution >= 4 is 16.7 Å². The first-order valence-electron chi connectivity index (χ1n) is 10.2. The Morgan fingerprint density at radius 3 is 2.64 bits per heavy atom. The smallest absolute Gasteiger partial charge is 0.255 e. The molecule has 33 heavy (non-hydrogen) atoms. The minimum Gasteiger partial charge on any atom is -0.484 e. The standard InChI is InChI=1S/C25H19N5O3/c26-12-19-21(15-8-10-16(11-9-15)32-13-20(27)31)22-23(29-30-25(22)33-24(19)28)18-7-3-5-14-4-1-2-6-17(14)18/h1-11,21H,13,28H2,(H2,27,31)(H,29,30)/t21-/m0/s1. The molecule has 5 N–H and O–H groups in total. The van der Waals surface area contributed by atoms with Gasteiger partial charge in [-0.2, -0.15) is 5.26 Å². The number of rotatable bonds is 5. The highest BCUT2D eigenvalue weighted by molar-refractivity contribution is 5.97. The van der Waals surface area contributed by atoms with Gasteiger partial charge in [0.1, 0.15) is 17.4 Å². The molecule has 2 heterocycles. The molecule has 8 heteroatoms. The number of aromatic nitrogens is 2. The maximum Gasteiger partial charge on any atom is 0.255 e. The maximum atomic E-state index is 11.0. The van der Waals surface area contributed by atoms with E-state index in [4.69, 9.17) is 20.9 Å². The Balaban J connectivity index is 1.65. The molecule has 4 aromatic rings. The molecule has 1 aliphatic heterocycles. The van der Waals surface area contributed by atoms with E-state index in [2.05, 4.69) is 16.3 Å². The largest absolute Gasteiger partial charge is 0.484 e. The molecule has 5 rings (SSSR count). The molecule has 162 valence electrons. The lowest BCUT2D eigenvalue weighted by atomic mass is 9.82. The number of fused-ring (bicyclic) bond motifs is 2. The van der Waals surface area contributed by atoms with Crippen LogP contribution >= 0.6 is 0 Å². The van der Waals surface area contributed by atoms with Crippen molar-refractivity contribution in [3.63, 3.8) is 0 Å². The van der Waals surface area contributed by atoms with Crippen LogP contribution in [0.2, 0.25) is 0 Å². The summed E-state index contributed by atoms with van der Waals surface area (Å²) in [6.07, 6.45) is 0. The summed E-state index contributed by atoms with van der Waals surface area (Å²) in [5, 5.41) is 19.5. The van der Waals surface area contributed by atoms with Crippen molar-refractivity contribution in [3.05, 3.63) is 89.3 Å². The molecular formula is C25H19N5O3. The Hall–Kier alpha value is -4.77. The number of carbonyl (C=O) groups is 1. The highest BCUT2D eigenvalue weighted by atomic mass is 16.5. The van der Waals surface area contributed by atoms with E-state index in [-0.39, 0.29) is 18.1 Å². The molecule has 1 aliphatic rings. The van der Waals surface area contributed by atoms with Crippen LogP contribution in [0.4, 0.5) is 0 Å². The highest BCUT2D eigenvalue weighted by Gasteiger charge is 2.35. The minimum absolute atomic E-state index is 0.0139. The van der Waals surface area contributed by atoms with Crippen molar-refractivity contribution in [1.29, 1.82) is 5.26 Å². The zero-order valence-electron chi connectivity index (χ0n) is 17.4. The van der Waals surface area contributed by atoms with Gasteiger partial charge in [0, 0.05) is 5.56 Å². The van der Waals surface area contributed by atoms with Crippen molar-refractivity contribution in [1.82, 2.24) is 10.2 Å². The van der Waals surface area contributed by atoms with Crippen LogP contribution in [0.15, 0.2) is 78.2 Å². The Morgan fingerprint density at radius 1 is 1.12 bits per heavy atom. The Bertz CT molecular complexity index is 1440. The number of H-pyrrole nitrogens is 1. The number of nitriles is 1. The van der Waals surface area contributed by atoms with Crippen molar-refractivity contribution in [3.8, 4) is 29.0 Å². The molecule has 0 fully saturated rings. The van der Waals surface area contributed by atoms with E-state index in [0.29, 0.717) is 11.6 Å². The second kappa shape index (κ2) is 8.05. The minimum atomic E-state index is -0.561. The van der Waals surface area contributed by atoms with Crippen molar-refractivity contribution in [2.75, 3.05) is 6.61 Å². The molecule has 1 atom stereocenters. The third-order valence-corrected chi connectivity index (χ3v) is 5.59. The Labute approximate surface area is 189 Å². The number of benzene rings is 3. The monoisotopic (exact) mass is 437 g/mol. The van der Waals surface area contributed by atoms with Crippen LogP contribution in [-0.4, -0.2) is 22.7 Å². The van der Waals surface area contributed by atoms with Gasteiger partial charge >= 0.3 is 0 Å². The van der Waals surface area contributed by atoms with E-state index >= 15 is 0 Å². The molecule has 8 nitrogen and oxygen atoms in total. The topological polar surface area (TPSA) is 140 Å². The van der Waals surface area contributed by atoms with Gasteiger partial charge in [-0.05, 0) is 28.5 Å². The van der Waals surface area contributed by atoms with E-state index in [0.717, 1.165) is 33.2 Å². The van der Waals surface area contributed by atoms with Gasteiger partial charge in [0.25, 0.3) is 5.91 Å². The van der Waals surface area contributed by atoms with Crippen LogP contribution in [0.5, 0.6) is 11.6 Å². The molecule has 0 saturated heterocycles. The van der Waals surface area contributed by atoms with Gasteiger partial charge in [0.2, 0.25) is 11.8 Å². The van der Waals surface area contributed by atoms with E-state index in [9.17, 15) is 10.1 Å². The third kappa shape index (κ3) is 3.51. The fourth-order valence-corrected chi connectivity index (χ4v) is 4.14. The summed E-state index contributed by atoms with van der Waals surface area (Å²) in [5.41, 5.74) is 14.7. The first-order chi connectivity index (χ1) is 16.1. The molecule has 0 radical (unpaired) electrons. The quantitative estimate of drug-likeness (QED) is 0.438. The third-order valence-electron chi connectivity index (χ3n) is 5.59. The molecule has 0 saturated carbocycles. The van der Waals surface area contributed by atoms with Crippen LogP contribution < -0.4 is 20.9 Å². The average Bonchev–Trinajstić information content (AvgIpc) is 3.25. The number of nitrogens with one attached hydrogen (secondary N) is 1. The van der Waals surface area contributed by atoms with Crippen molar-refractivity contribution in [2.45, 2.75) is 5.92 Å². The fourth-order valence-electron chi connectivity index (χ4n) is 4.14. The number of nitrogens with zero attached hydrogens (tertiary/aromatic N) is 2. The zero-order valence-corrected chi connectivity index (χ0v) is 17.4. The van der Waals surface area contributed by atoms with Gasteiger partial charge in [-0.1, -0.05) is 54.6 Å². The Kier molecular flexibility index (Phi) is 4.92. The van der Waals surface area contributed by atoms with Crippen LogP contribution in [-0.2, 0) is 4.79 Å².